The molecule has 3 rings (SSSR count). The summed E-state index contributed by atoms with van der Waals surface area (Å²) < 4.78 is 2.35. The van der Waals surface area contributed by atoms with Crippen LogP contribution in [0, 0.1) is 12.8 Å². The van der Waals surface area contributed by atoms with Crippen LogP contribution in [0.3, 0.4) is 0 Å². The van der Waals surface area contributed by atoms with E-state index in [0.717, 1.165) is 19.0 Å². The van der Waals surface area contributed by atoms with Crippen molar-refractivity contribution in [2.75, 3.05) is 13.1 Å². The lowest BCUT2D eigenvalue weighted by molar-refractivity contribution is 0.584. The second kappa shape index (κ2) is 4.53. The zero-order valence-corrected chi connectivity index (χ0v) is 10.4. The Balaban J connectivity index is 1.64. The van der Waals surface area contributed by atoms with E-state index in [-0.39, 0.29) is 0 Å². The maximum Gasteiger partial charge on any atom is 0.0483 e. The van der Waals surface area contributed by atoms with Gasteiger partial charge < -0.3 is 9.88 Å². The number of hydrogen-bond acceptors (Lipinski definition) is 1. The lowest BCUT2D eigenvalue weighted by atomic mass is 10.2. The van der Waals surface area contributed by atoms with Gasteiger partial charge in [0.15, 0.2) is 0 Å². The first-order chi connectivity index (χ1) is 8.33. The van der Waals surface area contributed by atoms with Crippen molar-refractivity contribution in [3.63, 3.8) is 0 Å². The van der Waals surface area contributed by atoms with Crippen LogP contribution < -0.4 is 5.32 Å². The second-order valence-corrected chi connectivity index (χ2v) is 5.22. The van der Waals surface area contributed by atoms with Gasteiger partial charge in [0.2, 0.25) is 0 Å². The summed E-state index contributed by atoms with van der Waals surface area (Å²) in [7, 11) is 0. The number of rotatable bonds is 5. The molecule has 0 atom stereocenters. The maximum absolute atomic E-state index is 3.54. The molecule has 2 heteroatoms. The first-order valence-electron chi connectivity index (χ1n) is 6.59. The summed E-state index contributed by atoms with van der Waals surface area (Å²) in [6, 6.07) is 8.86. The molecule has 0 amide bonds. The van der Waals surface area contributed by atoms with Gasteiger partial charge in [0.1, 0.15) is 0 Å². The molecular weight excluding hydrogens is 208 g/mol. The Bertz CT molecular complexity index is 509. The molecule has 1 fully saturated rings. The van der Waals surface area contributed by atoms with Gasteiger partial charge in [0, 0.05) is 24.8 Å². The zero-order chi connectivity index (χ0) is 11.7. The van der Waals surface area contributed by atoms with E-state index in [0.29, 0.717) is 0 Å². The van der Waals surface area contributed by atoms with Crippen LogP contribution in [0.2, 0.25) is 0 Å². The molecule has 0 unspecified atom stereocenters. The number of nitrogens with zero attached hydrogens (tertiary/aromatic N) is 1. The number of aryl methyl sites for hydroxylation is 1. The molecule has 17 heavy (non-hydrogen) atoms. The zero-order valence-electron chi connectivity index (χ0n) is 10.4. The SMILES string of the molecule is Cc1ccc2ccn(CCNCC3CC3)c2c1. The summed E-state index contributed by atoms with van der Waals surface area (Å²) in [4.78, 5) is 0. The van der Waals surface area contributed by atoms with Gasteiger partial charge in [-0.2, -0.15) is 0 Å². The Morgan fingerprint density at radius 3 is 3.00 bits per heavy atom. The highest BCUT2D eigenvalue weighted by Crippen LogP contribution is 2.27. The monoisotopic (exact) mass is 228 g/mol. The predicted molar refractivity (Wildman–Crippen MR) is 72.3 cm³/mol. The summed E-state index contributed by atoms with van der Waals surface area (Å²) in [6.45, 7) is 5.51. The van der Waals surface area contributed by atoms with Crippen LogP contribution in [-0.2, 0) is 6.54 Å². The van der Waals surface area contributed by atoms with Gasteiger partial charge in [-0.05, 0) is 55.3 Å². The standard InChI is InChI=1S/C15H20N2/c1-12-2-5-14-6-8-17(15(14)10-12)9-7-16-11-13-3-4-13/h2,5-6,8,10,13,16H,3-4,7,9,11H2,1H3. The topological polar surface area (TPSA) is 17.0 Å². The molecular formula is C15H20N2. The molecule has 0 saturated heterocycles. The van der Waals surface area contributed by atoms with E-state index >= 15 is 0 Å². The normalized spacial score (nSPS) is 15.6. The second-order valence-electron chi connectivity index (χ2n) is 5.22. The highest BCUT2D eigenvalue weighted by Gasteiger charge is 2.19. The van der Waals surface area contributed by atoms with E-state index in [2.05, 4.69) is 47.3 Å². The third-order valence-corrected chi connectivity index (χ3v) is 3.59. The average Bonchev–Trinajstić information content (AvgIpc) is 3.07. The Morgan fingerprint density at radius 2 is 2.18 bits per heavy atom. The van der Waals surface area contributed by atoms with Crippen molar-refractivity contribution in [3.05, 3.63) is 36.0 Å². The quantitative estimate of drug-likeness (QED) is 0.779. The Morgan fingerprint density at radius 1 is 1.29 bits per heavy atom. The van der Waals surface area contributed by atoms with Crippen molar-refractivity contribution in [1.29, 1.82) is 0 Å². The summed E-state index contributed by atoms with van der Waals surface area (Å²) in [5.74, 6) is 0.971. The van der Waals surface area contributed by atoms with E-state index in [4.69, 9.17) is 0 Å². The minimum atomic E-state index is 0.971. The molecule has 1 saturated carbocycles. The Kier molecular flexibility index (Phi) is 2.89. The largest absolute Gasteiger partial charge is 0.346 e. The van der Waals surface area contributed by atoms with Gasteiger partial charge in [-0.3, -0.25) is 0 Å². The van der Waals surface area contributed by atoms with E-state index in [1.807, 2.05) is 0 Å². The fourth-order valence-electron chi connectivity index (χ4n) is 2.32. The maximum atomic E-state index is 3.54. The van der Waals surface area contributed by atoms with Crippen LogP contribution in [0.5, 0.6) is 0 Å². The number of benzene rings is 1. The van der Waals surface area contributed by atoms with Crippen LogP contribution in [0.4, 0.5) is 0 Å². The van der Waals surface area contributed by atoms with Crippen molar-refractivity contribution in [1.82, 2.24) is 9.88 Å². The van der Waals surface area contributed by atoms with E-state index in [1.54, 1.807) is 0 Å². The molecule has 1 N–H and O–H groups in total. The minimum Gasteiger partial charge on any atom is -0.346 e. The fourth-order valence-corrected chi connectivity index (χ4v) is 2.32. The highest BCUT2D eigenvalue weighted by molar-refractivity contribution is 5.80. The van der Waals surface area contributed by atoms with Gasteiger partial charge in [-0.15, -0.1) is 0 Å². The third-order valence-electron chi connectivity index (χ3n) is 3.59. The fraction of sp³-hybridized carbons (Fsp3) is 0.467. The molecule has 1 aromatic heterocycles. The first kappa shape index (κ1) is 10.8. The summed E-state index contributed by atoms with van der Waals surface area (Å²) in [6.07, 6.45) is 5.06. The lowest BCUT2D eigenvalue weighted by Gasteiger charge is -2.07. The van der Waals surface area contributed by atoms with Crippen molar-refractivity contribution < 1.29 is 0 Å². The van der Waals surface area contributed by atoms with Gasteiger partial charge in [0.05, 0.1) is 0 Å². The average molecular weight is 228 g/mol. The molecule has 0 spiro atoms. The molecule has 1 aliphatic rings. The molecule has 1 aliphatic carbocycles. The van der Waals surface area contributed by atoms with Crippen molar-refractivity contribution >= 4 is 10.9 Å². The number of aromatic nitrogens is 1. The van der Waals surface area contributed by atoms with Crippen LogP contribution >= 0.6 is 0 Å². The highest BCUT2D eigenvalue weighted by atomic mass is 15.0. The van der Waals surface area contributed by atoms with Crippen LogP contribution in [0.25, 0.3) is 10.9 Å². The van der Waals surface area contributed by atoms with Gasteiger partial charge in [-0.25, -0.2) is 0 Å². The summed E-state index contributed by atoms with van der Waals surface area (Å²) >= 11 is 0. The molecule has 2 nitrogen and oxygen atoms in total. The molecule has 0 bridgehead atoms. The van der Waals surface area contributed by atoms with Crippen LogP contribution in [0.15, 0.2) is 30.5 Å². The van der Waals surface area contributed by atoms with E-state index < -0.39 is 0 Å². The molecule has 0 aliphatic heterocycles. The van der Waals surface area contributed by atoms with Crippen molar-refractivity contribution in [2.45, 2.75) is 26.3 Å². The molecule has 1 aromatic carbocycles. The third kappa shape index (κ3) is 2.52. The predicted octanol–water partition coefficient (Wildman–Crippen LogP) is 2.95. The van der Waals surface area contributed by atoms with E-state index in [1.165, 1.54) is 35.9 Å². The number of hydrogen-bond donors (Lipinski definition) is 1. The van der Waals surface area contributed by atoms with E-state index in [9.17, 15) is 0 Å². The minimum absolute atomic E-state index is 0.971. The van der Waals surface area contributed by atoms with Gasteiger partial charge >= 0.3 is 0 Å². The van der Waals surface area contributed by atoms with Crippen molar-refractivity contribution in [2.24, 2.45) is 5.92 Å². The number of fused-ring (bicyclic) bond motifs is 1. The van der Waals surface area contributed by atoms with Gasteiger partial charge in [0.25, 0.3) is 0 Å². The van der Waals surface area contributed by atoms with Gasteiger partial charge in [-0.1, -0.05) is 12.1 Å². The van der Waals surface area contributed by atoms with Crippen LogP contribution in [-0.4, -0.2) is 17.7 Å². The summed E-state index contributed by atoms with van der Waals surface area (Å²) in [5, 5.41) is 4.89. The van der Waals surface area contributed by atoms with Crippen molar-refractivity contribution in [3.8, 4) is 0 Å². The molecule has 1 heterocycles. The molecule has 2 aromatic rings. The van der Waals surface area contributed by atoms with Crippen LogP contribution in [0.1, 0.15) is 18.4 Å². The number of nitrogens with one attached hydrogen (secondary N) is 1. The smallest absolute Gasteiger partial charge is 0.0483 e. The Hall–Kier alpha value is -1.28. The summed E-state index contributed by atoms with van der Waals surface area (Å²) in [5.41, 5.74) is 2.70. The lowest BCUT2D eigenvalue weighted by Crippen LogP contribution is -2.21. The molecule has 90 valence electrons. The molecule has 0 radical (unpaired) electrons. The Labute approximate surface area is 103 Å². The first-order valence-corrected chi connectivity index (χ1v) is 6.59.